The lowest BCUT2D eigenvalue weighted by molar-refractivity contribution is -0.137. The molecule has 3 aromatic rings. The highest BCUT2D eigenvalue weighted by atomic mass is 32.1. The number of nitriles is 1. The maximum absolute atomic E-state index is 12.7. The molecule has 0 aliphatic carbocycles. The summed E-state index contributed by atoms with van der Waals surface area (Å²) in [5.41, 5.74) is 3.86. The van der Waals surface area contributed by atoms with Crippen LogP contribution in [0.4, 0.5) is 5.69 Å². The smallest absolute Gasteiger partial charge is 0.349 e. The highest BCUT2D eigenvalue weighted by Crippen LogP contribution is 2.20. The Hall–Kier alpha value is -3.63. The summed E-state index contributed by atoms with van der Waals surface area (Å²) < 4.78 is 7.23. The molecule has 1 aromatic carbocycles. The number of ether oxygens (including phenoxy) is 1. The van der Waals surface area contributed by atoms with Gasteiger partial charge in [0.25, 0.3) is 0 Å². The standard InChI is InChI=1S/C25H25N3O3S/c1-17-12-23(18(2)28(17)15-22-6-5-11-32-22)24(29)16-31-25(30)20(14-26)13-19-7-9-21(10-8-19)27(3)4/h5-13H,15-16H2,1-4H3/b20-13-. The molecule has 0 saturated heterocycles. The van der Waals surface area contributed by atoms with Crippen LogP contribution in [0, 0.1) is 25.2 Å². The van der Waals surface area contributed by atoms with E-state index in [1.54, 1.807) is 11.3 Å². The van der Waals surface area contributed by atoms with E-state index in [2.05, 4.69) is 10.6 Å². The number of aryl methyl sites for hydroxylation is 1. The van der Waals surface area contributed by atoms with Gasteiger partial charge in [0.05, 0.1) is 6.54 Å². The Balaban J connectivity index is 1.67. The molecule has 0 spiro atoms. The molecule has 164 valence electrons. The number of hydrogen-bond donors (Lipinski definition) is 0. The van der Waals surface area contributed by atoms with Crippen molar-refractivity contribution in [1.29, 1.82) is 5.26 Å². The van der Waals surface area contributed by atoms with Gasteiger partial charge in [0.1, 0.15) is 11.6 Å². The summed E-state index contributed by atoms with van der Waals surface area (Å²) in [6.45, 7) is 4.10. The first kappa shape index (κ1) is 23.0. The molecular weight excluding hydrogens is 422 g/mol. The quantitative estimate of drug-likeness (QED) is 0.218. The van der Waals surface area contributed by atoms with E-state index in [1.807, 2.05) is 80.7 Å². The van der Waals surface area contributed by atoms with E-state index in [0.717, 1.165) is 17.1 Å². The number of rotatable bonds is 8. The Kier molecular flexibility index (Phi) is 7.29. The summed E-state index contributed by atoms with van der Waals surface area (Å²) in [5.74, 6) is -1.11. The minimum absolute atomic E-state index is 0.154. The topological polar surface area (TPSA) is 75.3 Å². The molecule has 0 radical (unpaired) electrons. The Morgan fingerprint density at radius 1 is 1.19 bits per heavy atom. The zero-order chi connectivity index (χ0) is 23.3. The monoisotopic (exact) mass is 447 g/mol. The van der Waals surface area contributed by atoms with E-state index >= 15 is 0 Å². The molecule has 0 N–H and O–H groups in total. The van der Waals surface area contributed by atoms with Gasteiger partial charge in [-0.3, -0.25) is 4.79 Å². The first-order chi connectivity index (χ1) is 15.3. The first-order valence-electron chi connectivity index (χ1n) is 10.1. The molecule has 0 fully saturated rings. The van der Waals surface area contributed by atoms with Crippen LogP contribution in [0.25, 0.3) is 6.08 Å². The van der Waals surface area contributed by atoms with Crippen molar-refractivity contribution in [2.24, 2.45) is 0 Å². The molecule has 0 saturated carbocycles. The number of nitrogens with zero attached hydrogens (tertiary/aromatic N) is 3. The molecule has 6 nitrogen and oxygen atoms in total. The van der Waals surface area contributed by atoms with Crippen LogP contribution in [0.3, 0.4) is 0 Å². The zero-order valence-electron chi connectivity index (χ0n) is 18.6. The summed E-state index contributed by atoms with van der Waals surface area (Å²) in [7, 11) is 3.86. The van der Waals surface area contributed by atoms with Crippen LogP contribution in [0.1, 0.15) is 32.2 Å². The summed E-state index contributed by atoms with van der Waals surface area (Å²) in [4.78, 5) is 28.2. The van der Waals surface area contributed by atoms with E-state index < -0.39 is 12.6 Å². The second-order valence-corrected chi connectivity index (χ2v) is 8.64. The van der Waals surface area contributed by atoms with Crippen LogP contribution in [-0.4, -0.2) is 37.0 Å². The van der Waals surface area contributed by atoms with E-state index in [-0.39, 0.29) is 11.4 Å². The number of esters is 1. The van der Waals surface area contributed by atoms with E-state index in [0.29, 0.717) is 17.7 Å². The van der Waals surface area contributed by atoms with E-state index in [9.17, 15) is 14.9 Å². The van der Waals surface area contributed by atoms with Crippen molar-refractivity contribution < 1.29 is 14.3 Å². The van der Waals surface area contributed by atoms with E-state index in [4.69, 9.17) is 4.74 Å². The van der Waals surface area contributed by atoms with Crippen LogP contribution in [-0.2, 0) is 16.1 Å². The Bertz CT molecular complexity index is 1180. The molecule has 0 aliphatic heterocycles. The Morgan fingerprint density at radius 2 is 1.91 bits per heavy atom. The first-order valence-corrected chi connectivity index (χ1v) is 11.0. The highest BCUT2D eigenvalue weighted by molar-refractivity contribution is 7.09. The second-order valence-electron chi connectivity index (χ2n) is 7.61. The minimum Gasteiger partial charge on any atom is -0.453 e. The van der Waals surface area contributed by atoms with Gasteiger partial charge in [-0.15, -0.1) is 11.3 Å². The van der Waals surface area contributed by atoms with Crippen molar-refractivity contribution in [3.8, 4) is 6.07 Å². The van der Waals surface area contributed by atoms with Gasteiger partial charge in [0.2, 0.25) is 5.78 Å². The molecule has 0 aliphatic rings. The fraction of sp³-hybridized carbons (Fsp3) is 0.240. The molecule has 0 atom stereocenters. The van der Waals surface area contributed by atoms with Crippen LogP contribution >= 0.6 is 11.3 Å². The lowest BCUT2D eigenvalue weighted by atomic mass is 10.1. The minimum atomic E-state index is -0.815. The third-order valence-electron chi connectivity index (χ3n) is 5.16. The van der Waals surface area contributed by atoms with Crippen molar-refractivity contribution in [1.82, 2.24) is 4.57 Å². The summed E-state index contributed by atoms with van der Waals surface area (Å²) >= 11 is 1.66. The highest BCUT2D eigenvalue weighted by Gasteiger charge is 2.19. The van der Waals surface area contributed by atoms with Gasteiger partial charge in [0.15, 0.2) is 6.61 Å². The number of Topliss-reactive ketones (excluding diaryl/α,β-unsaturated/α-hetero) is 1. The number of benzene rings is 1. The zero-order valence-corrected chi connectivity index (χ0v) is 19.4. The maximum atomic E-state index is 12.7. The van der Waals surface area contributed by atoms with Crippen LogP contribution in [0.15, 0.2) is 53.4 Å². The molecule has 32 heavy (non-hydrogen) atoms. The molecule has 0 bridgehead atoms. The average Bonchev–Trinajstić information content (AvgIpc) is 3.39. The van der Waals surface area contributed by atoms with Crippen molar-refractivity contribution in [3.63, 3.8) is 0 Å². The SMILES string of the molecule is Cc1cc(C(=O)COC(=O)/C(C#N)=C\c2ccc(N(C)C)cc2)c(C)n1Cc1cccs1. The molecule has 0 amide bonds. The van der Waals surface area contributed by atoms with Gasteiger partial charge < -0.3 is 14.2 Å². The number of hydrogen-bond acceptors (Lipinski definition) is 6. The maximum Gasteiger partial charge on any atom is 0.349 e. The number of carbonyl (C=O) groups is 2. The van der Waals surface area contributed by atoms with Crippen LogP contribution < -0.4 is 4.90 Å². The third-order valence-corrected chi connectivity index (χ3v) is 6.02. The van der Waals surface area contributed by atoms with Crippen LogP contribution in [0.2, 0.25) is 0 Å². The normalized spacial score (nSPS) is 11.2. The summed E-state index contributed by atoms with van der Waals surface area (Å²) in [6.07, 6.45) is 1.46. The lowest BCUT2D eigenvalue weighted by Crippen LogP contribution is -2.16. The molecule has 3 rings (SSSR count). The molecule has 2 aromatic heterocycles. The van der Waals surface area contributed by atoms with Crippen molar-refractivity contribution in [2.75, 3.05) is 25.6 Å². The molecule has 7 heteroatoms. The average molecular weight is 448 g/mol. The largest absolute Gasteiger partial charge is 0.453 e. The summed E-state index contributed by atoms with van der Waals surface area (Å²) in [5, 5.41) is 11.4. The fourth-order valence-electron chi connectivity index (χ4n) is 3.34. The Morgan fingerprint density at radius 3 is 2.50 bits per heavy atom. The number of anilines is 1. The van der Waals surface area contributed by atoms with Crippen LogP contribution in [0.5, 0.6) is 0 Å². The molecule has 0 unspecified atom stereocenters. The predicted molar refractivity (Wildman–Crippen MR) is 127 cm³/mol. The van der Waals surface area contributed by atoms with Gasteiger partial charge in [-0.05, 0) is 55.1 Å². The van der Waals surface area contributed by atoms with Crippen molar-refractivity contribution >= 4 is 34.9 Å². The third kappa shape index (κ3) is 5.34. The van der Waals surface area contributed by atoms with E-state index in [1.165, 1.54) is 11.0 Å². The van der Waals surface area contributed by atoms with Gasteiger partial charge in [-0.1, -0.05) is 18.2 Å². The van der Waals surface area contributed by atoms with Gasteiger partial charge in [0, 0.05) is 41.6 Å². The van der Waals surface area contributed by atoms with Gasteiger partial charge in [-0.25, -0.2) is 4.79 Å². The number of carbonyl (C=O) groups excluding carboxylic acids is 2. The van der Waals surface area contributed by atoms with Gasteiger partial charge in [-0.2, -0.15) is 5.26 Å². The predicted octanol–water partition coefficient (Wildman–Crippen LogP) is 4.61. The number of thiophene rings is 1. The van der Waals surface area contributed by atoms with Gasteiger partial charge >= 0.3 is 5.97 Å². The fourth-order valence-corrected chi connectivity index (χ4v) is 4.04. The van der Waals surface area contributed by atoms with Crippen molar-refractivity contribution in [2.45, 2.75) is 20.4 Å². The molecule has 2 heterocycles. The van der Waals surface area contributed by atoms with Crippen molar-refractivity contribution in [3.05, 3.63) is 80.8 Å². The molecular formula is C25H25N3O3S. The number of ketones is 1. The number of aromatic nitrogens is 1. The Labute approximate surface area is 192 Å². The summed E-state index contributed by atoms with van der Waals surface area (Å²) in [6, 6.07) is 15.1. The second kappa shape index (κ2) is 10.1. The lowest BCUT2D eigenvalue weighted by Gasteiger charge is -2.11.